The standard InChI is InChI=1S/C11H20N4O4/c1-6(10(18)12-4)15-9(17)5-13-11(19)7(2)14-8(3)16/h6-7H,5H2,1-4H3,(H,12,18)(H,13,19)(H,14,16)(H,15,17)/t6-,7+/m0/s1. The third-order valence-corrected chi connectivity index (χ3v) is 2.25. The normalized spacial score (nSPS) is 12.8. The zero-order valence-corrected chi connectivity index (χ0v) is 11.5. The van der Waals surface area contributed by atoms with Crippen molar-refractivity contribution in [3.05, 3.63) is 0 Å². The van der Waals surface area contributed by atoms with Crippen LogP contribution in [0.25, 0.3) is 0 Å². The van der Waals surface area contributed by atoms with Gasteiger partial charge >= 0.3 is 0 Å². The van der Waals surface area contributed by atoms with Gasteiger partial charge < -0.3 is 21.3 Å². The third kappa shape index (κ3) is 7.02. The monoisotopic (exact) mass is 272 g/mol. The molecule has 0 unspecified atom stereocenters. The number of carbonyl (C=O) groups excluding carboxylic acids is 4. The Balaban J connectivity index is 4.06. The number of amides is 4. The minimum absolute atomic E-state index is 0.260. The summed E-state index contributed by atoms with van der Waals surface area (Å²) in [6.45, 7) is 4.06. The molecule has 2 atom stereocenters. The highest BCUT2D eigenvalue weighted by molar-refractivity contribution is 5.91. The maximum atomic E-state index is 11.5. The van der Waals surface area contributed by atoms with Crippen LogP contribution in [-0.2, 0) is 19.2 Å². The summed E-state index contributed by atoms with van der Waals surface area (Å²) in [6.07, 6.45) is 0. The quantitative estimate of drug-likeness (QED) is 0.442. The van der Waals surface area contributed by atoms with Gasteiger partial charge in [-0.3, -0.25) is 19.2 Å². The van der Waals surface area contributed by atoms with Crippen LogP contribution in [0.5, 0.6) is 0 Å². The smallest absolute Gasteiger partial charge is 0.242 e. The molecule has 0 radical (unpaired) electrons. The molecule has 0 aromatic heterocycles. The molecule has 8 nitrogen and oxygen atoms in total. The molecule has 0 aromatic rings. The molecule has 0 saturated carbocycles. The summed E-state index contributed by atoms with van der Waals surface area (Å²) in [5.41, 5.74) is 0. The first kappa shape index (κ1) is 16.9. The van der Waals surface area contributed by atoms with Gasteiger partial charge in [0.2, 0.25) is 23.6 Å². The predicted octanol–water partition coefficient (Wildman–Crippen LogP) is -2.12. The molecule has 108 valence electrons. The van der Waals surface area contributed by atoms with Crippen LogP contribution in [0.1, 0.15) is 20.8 Å². The second kappa shape index (κ2) is 8.06. The van der Waals surface area contributed by atoms with Gasteiger partial charge in [-0.25, -0.2) is 0 Å². The lowest BCUT2D eigenvalue weighted by molar-refractivity contribution is -0.130. The van der Waals surface area contributed by atoms with Crippen LogP contribution >= 0.6 is 0 Å². The maximum Gasteiger partial charge on any atom is 0.242 e. The Kier molecular flexibility index (Phi) is 7.16. The molecule has 8 heteroatoms. The Labute approximate surface area is 111 Å². The van der Waals surface area contributed by atoms with E-state index in [1.165, 1.54) is 27.8 Å². The molecular weight excluding hydrogens is 252 g/mol. The van der Waals surface area contributed by atoms with Crippen molar-refractivity contribution in [1.29, 1.82) is 0 Å². The van der Waals surface area contributed by atoms with Crippen LogP contribution < -0.4 is 21.3 Å². The van der Waals surface area contributed by atoms with E-state index in [-0.39, 0.29) is 18.4 Å². The van der Waals surface area contributed by atoms with Gasteiger partial charge in [0.15, 0.2) is 0 Å². The van der Waals surface area contributed by atoms with Gasteiger partial charge in [0, 0.05) is 14.0 Å². The lowest BCUT2D eigenvalue weighted by Crippen LogP contribution is -2.50. The molecule has 4 N–H and O–H groups in total. The van der Waals surface area contributed by atoms with Gasteiger partial charge in [-0.2, -0.15) is 0 Å². The van der Waals surface area contributed by atoms with E-state index in [2.05, 4.69) is 21.3 Å². The van der Waals surface area contributed by atoms with Gasteiger partial charge in [-0.1, -0.05) is 0 Å². The SMILES string of the molecule is CNC(=O)[C@H](C)NC(=O)CNC(=O)[C@@H](C)NC(C)=O. The van der Waals surface area contributed by atoms with E-state index in [4.69, 9.17) is 0 Å². The summed E-state index contributed by atoms with van der Waals surface area (Å²) in [5, 5.41) is 9.54. The van der Waals surface area contributed by atoms with E-state index in [1.54, 1.807) is 0 Å². The van der Waals surface area contributed by atoms with Gasteiger partial charge in [0.1, 0.15) is 12.1 Å². The number of nitrogens with one attached hydrogen (secondary N) is 4. The summed E-state index contributed by atoms with van der Waals surface area (Å²) in [5.74, 6) is -1.62. The van der Waals surface area contributed by atoms with Gasteiger partial charge in [-0.05, 0) is 13.8 Å². The average molecular weight is 272 g/mol. The Bertz CT molecular complexity index is 370. The molecule has 0 bridgehead atoms. The summed E-state index contributed by atoms with van der Waals surface area (Å²) in [4.78, 5) is 44.8. The van der Waals surface area contributed by atoms with Crippen molar-refractivity contribution < 1.29 is 19.2 Å². The first-order chi connectivity index (χ1) is 8.77. The Morgan fingerprint density at radius 2 is 1.47 bits per heavy atom. The number of likely N-dealkylation sites (N-methyl/N-ethyl adjacent to an activating group) is 1. The second-order valence-electron chi connectivity index (χ2n) is 4.04. The van der Waals surface area contributed by atoms with Crippen LogP contribution in [0.3, 0.4) is 0 Å². The largest absolute Gasteiger partial charge is 0.357 e. The van der Waals surface area contributed by atoms with Gasteiger partial charge in [0.05, 0.1) is 6.54 Å². The molecule has 19 heavy (non-hydrogen) atoms. The molecule has 0 aliphatic rings. The summed E-state index contributed by atoms with van der Waals surface area (Å²) >= 11 is 0. The van der Waals surface area contributed by atoms with Crippen molar-refractivity contribution in [2.75, 3.05) is 13.6 Å². The highest BCUT2D eigenvalue weighted by atomic mass is 16.2. The van der Waals surface area contributed by atoms with E-state index in [0.29, 0.717) is 0 Å². The molecule has 0 fully saturated rings. The highest BCUT2D eigenvalue weighted by Crippen LogP contribution is 1.83. The predicted molar refractivity (Wildman–Crippen MR) is 68.0 cm³/mol. The van der Waals surface area contributed by atoms with Crippen LogP contribution in [0.15, 0.2) is 0 Å². The number of rotatable bonds is 6. The van der Waals surface area contributed by atoms with E-state index in [9.17, 15) is 19.2 Å². The zero-order valence-electron chi connectivity index (χ0n) is 11.5. The molecule has 0 saturated heterocycles. The summed E-state index contributed by atoms with van der Waals surface area (Å²) in [6, 6.07) is -1.40. The van der Waals surface area contributed by atoms with E-state index >= 15 is 0 Å². The number of carbonyl (C=O) groups is 4. The molecule has 4 amide bonds. The first-order valence-corrected chi connectivity index (χ1v) is 5.83. The number of hydrogen-bond donors (Lipinski definition) is 4. The Morgan fingerprint density at radius 1 is 0.947 bits per heavy atom. The fraction of sp³-hybridized carbons (Fsp3) is 0.636. The van der Waals surface area contributed by atoms with Crippen molar-refractivity contribution >= 4 is 23.6 Å². The lowest BCUT2D eigenvalue weighted by Gasteiger charge is -2.14. The minimum Gasteiger partial charge on any atom is -0.357 e. The topological polar surface area (TPSA) is 116 Å². The average Bonchev–Trinajstić information content (AvgIpc) is 2.33. The van der Waals surface area contributed by atoms with Crippen LogP contribution in [0.2, 0.25) is 0 Å². The fourth-order valence-corrected chi connectivity index (χ4v) is 1.27. The van der Waals surface area contributed by atoms with Gasteiger partial charge in [0.25, 0.3) is 0 Å². The summed E-state index contributed by atoms with van der Waals surface area (Å²) in [7, 11) is 1.46. The van der Waals surface area contributed by atoms with Crippen LogP contribution in [-0.4, -0.2) is 49.3 Å². The molecule has 0 aliphatic carbocycles. The second-order valence-corrected chi connectivity index (χ2v) is 4.04. The molecule has 0 spiro atoms. The van der Waals surface area contributed by atoms with E-state index in [1.807, 2.05) is 0 Å². The minimum atomic E-state index is -0.721. The van der Waals surface area contributed by atoms with Crippen LogP contribution in [0.4, 0.5) is 0 Å². The Morgan fingerprint density at radius 3 is 1.95 bits per heavy atom. The molecular formula is C11H20N4O4. The third-order valence-electron chi connectivity index (χ3n) is 2.25. The van der Waals surface area contributed by atoms with Crippen molar-refractivity contribution in [3.8, 4) is 0 Å². The molecule has 0 heterocycles. The first-order valence-electron chi connectivity index (χ1n) is 5.83. The van der Waals surface area contributed by atoms with Gasteiger partial charge in [-0.15, -0.1) is 0 Å². The molecule has 0 aliphatic heterocycles. The van der Waals surface area contributed by atoms with Crippen molar-refractivity contribution in [2.24, 2.45) is 0 Å². The fourth-order valence-electron chi connectivity index (χ4n) is 1.27. The molecule has 0 rings (SSSR count). The lowest BCUT2D eigenvalue weighted by atomic mass is 10.3. The zero-order chi connectivity index (χ0) is 15.0. The van der Waals surface area contributed by atoms with Crippen molar-refractivity contribution in [3.63, 3.8) is 0 Å². The van der Waals surface area contributed by atoms with Crippen molar-refractivity contribution in [1.82, 2.24) is 21.3 Å². The Hall–Kier alpha value is -2.12. The van der Waals surface area contributed by atoms with Crippen LogP contribution in [0, 0.1) is 0 Å². The van der Waals surface area contributed by atoms with E-state index < -0.39 is 23.9 Å². The molecule has 0 aromatic carbocycles. The van der Waals surface area contributed by atoms with Crippen molar-refractivity contribution in [2.45, 2.75) is 32.9 Å². The number of hydrogen-bond acceptors (Lipinski definition) is 4. The summed E-state index contributed by atoms with van der Waals surface area (Å²) < 4.78 is 0. The van der Waals surface area contributed by atoms with E-state index in [0.717, 1.165) is 0 Å². The highest BCUT2D eigenvalue weighted by Gasteiger charge is 2.17. The maximum absolute atomic E-state index is 11.5.